The fourth-order valence-electron chi connectivity index (χ4n) is 9.32. The van der Waals surface area contributed by atoms with Crippen LogP contribution in [0.2, 0.25) is 0 Å². The van der Waals surface area contributed by atoms with Crippen LogP contribution in [0.1, 0.15) is 110 Å². The molecule has 4 heterocycles. The molecule has 3 aliphatic heterocycles. The first-order chi connectivity index (χ1) is 29.0. The van der Waals surface area contributed by atoms with Gasteiger partial charge in [-0.3, -0.25) is 29.4 Å². The van der Waals surface area contributed by atoms with Crippen LogP contribution in [0.4, 0.5) is 5.95 Å². The fourth-order valence-corrected chi connectivity index (χ4v) is 9.32. The van der Waals surface area contributed by atoms with Crippen LogP contribution in [-0.2, 0) is 16.1 Å². The molecule has 316 valence electrons. The summed E-state index contributed by atoms with van der Waals surface area (Å²) in [5.41, 5.74) is 2.35. The van der Waals surface area contributed by atoms with Gasteiger partial charge in [0.2, 0.25) is 17.8 Å². The molecule has 15 nitrogen and oxygen atoms in total. The molecule has 2 saturated carbocycles. The smallest absolute Gasteiger partial charge is 0.255 e. The molecule has 1 aromatic heterocycles. The number of nitrogens with one attached hydrogen (secondary N) is 2. The minimum atomic E-state index is -0.632. The Balaban J connectivity index is 0.752. The lowest BCUT2D eigenvalue weighted by Gasteiger charge is -2.46. The average molecular weight is 819 g/mol. The minimum Gasteiger partial charge on any atom is -0.495 e. The van der Waals surface area contributed by atoms with E-state index in [4.69, 9.17) is 14.2 Å². The van der Waals surface area contributed by atoms with E-state index < -0.39 is 11.9 Å². The Labute approximate surface area is 350 Å². The molecule has 4 fully saturated rings. The molecule has 0 radical (unpaired) electrons. The first kappa shape index (κ1) is 41.0. The molecular weight excluding hydrogens is 765 g/mol. The predicted molar refractivity (Wildman–Crippen MR) is 221 cm³/mol. The number of imide groups is 1. The number of anilines is 1. The van der Waals surface area contributed by atoms with Gasteiger partial charge in [0.15, 0.2) is 0 Å². The number of fused-ring (bicyclic) bond motifs is 1. The highest BCUT2D eigenvalue weighted by Gasteiger charge is 2.41. The Morgan fingerprint density at radius 3 is 2.33 bits per heavy atom. The van der Waals surface area contributed by atoms with Crippen LogP contribution in [0.15, 0.2) is 48.8 Å². The Morgan fingerprint density at radius 1 is 0.950 bits per heavy atom. The number of methoxy groups -OCH3 is 1. The number of carbonyl (C=O) groups is 4. The summed E-state index contributed by atoms with van der Waals surface area (Å²) in [4.78, 5) is 66.0. The maximum Gasteiger partial charge on any atom is 0.255 e. The Morgan fingerprint density at radius 2 is 1.65 bits per heavy atom. The van der Waals surface area contributed by atoms with Gasteiger partial charge >= 0.3 is 0 Å². The number of amides is 4. The van der Waals surface area contributed by atoms with Crippen LogP contribution < -0.4 is 29.7 Å². The minimum absolute atomic E-state index is 0.0305. The monoisotopic (exact) mass is 818 g/mol. The van der Waals surface area contributed by atoms with Gasteiger partial charge in [0.05, 0.1) is 24.3 Å². The zero-order valence-electron chi connectivity index (χ0n) is 34.6. The first-order valence-electron chi connectivity index (χ1n) is 21.4. The van der Waals surface area contributed by atoms with Crippen LogP contribution in [-0.4, -0.2) is 107 Å². The van der Waals surface area contributed by atoms with E-state index in [0.29, 0.717) is 70.9 Å². The van der Waals surface area contributed by atoms with Gasteiger partial charge in [-0.25, -0.2) is 9.97 Å². The standard InChI is InChI=1S/C45H54N8O7/c1-27(2)52(33-18-37(19-33)60-35-9-5-30-26-53(44(57)38(30)20-35)39-12-13-41(54)50-43(39)56)25-28-14-16-51(17-15-28)45-47-23-31(24-48-45)42(55)49-32-6-10-34(11-7-32)59-36-8-4-29(22-46)40(21-36)58-3/h4-5,8-9,20-21,23-24,27-28,32-34,37,39H,6-7,10-19,25-26H2,1-3H3,(H,49,55)(H,50,54,56). The Bertz CT molecular complexity index is 2120. The molecule has 1 atom stereocenters. The molecule has 0 spiro atoms. The molecule has 3 aromatic rings. The zero-order chi connectivity index (χ0) is 41.9. The number of hydrogen-bond acceptors (Lipinski definition) is 12. The van der Waals surface area contributed by atoms with Gasteiger partial charge in [0, 0.05) is 87.6 Å². The molecule has 2 aromatic carbocycles. The first-order valence-corrected chi connectivity index (χ1v) is 21.4. The SMILES string of the molecule is COc1cc(OC2CCC(NC(=O)c3cnc(N4CCC(CN(C(C)C)C5CC(Oc6ccc7c(c6)C(=O)N(C6CCC(=O)NC6=O)C7)C5)CC4)nc3)CC2)ccc1C#N. The molecule has 60 heavy (non-hydrogen) atoms. The van der Waals surface area contributed by atoms with Crippen molar-refractivity contribution in [1.82, 2.24) is 30.4 Å². The summed E-state index contributed by atoms with van der Waals surface area (Å²) in [6.45, 7) is 7.60. The summed E-state index contributed by atoms with van der Waals surface area (Å²) in [6.07, 6.45) is 11.1. The van der Waals surface area contributed by atoms with Gasteiger partial charge < -0.3 is 29.3 Å². The molecule has 5 aliphatic rings. The maximum atomic E-state index is 13.3. The highest BCUT2D eigenvalue weighted by atomic mass is 16.5. The average Bonchev–Trinajstić information content (AvgIpc) is 3.56. The maximum absolute atomic E-state index is 13.3. The summed E-state index contributed by atoms with van der Waals surface area (Å²) >= 11 is 0. The number of benzene rings is 2. The van der Waals surface area contributed by atoms with Crippen molar-refractivity contribution in [1.29, 1.82) is 5.26 Å². The lowest BCUT2D eigenvalue weighted by molar-refractivity contribution is -0.136. The Hall–Kier alpha value is -5.75. The summed E-state index contributed by atoms with van der Waals surface area (Å²) in [6, 6.07) is 13.2. The van der Waals surface area contributed by atoms with Crippen molar-refractivity contribution in [3.63, 3.8) is 0 Å². The number of carbonyl (C=O) groups excluding carboxylic acids is 4. The normalized spacial score (nSPS) is 24.4. The van der Waals surface area contributed by atoms with Crippen LogP contribution in [0.5, 0.6) is 17.2 Å². The molecule has 2 aliphatic carbocycles. The highest BCUT2D eigenvalue weighted by molar-refractivity contribution is 6.05. The third-order valence-corrected chi connectivity index (χ3v) is 12.9. The second-order valence-corrected chi connectivity index (χ2v) is 17.1. The van der Waals surface area contributed by atoms with Crippen molar-refractivity contribution in [3.8, 4) is 23.3 Å². The van der Waals surface area contributed by atoms with Crippen molar-refractivity contribution < 1.29 is 33.4 Å². The zero-order valence-corrected chi connectivity index (χ0v) is 34.6. The second-order valence-electron chi connectivity index (χ2n) is 17.1. The van der Waals surface area contributed by atoms with E-state index in [1.165, 1.54) is 7.11 Å². The van der Waals surface area contributed by atoms with E-state index in [0.717, 1.165) is 76.6 Å². The van der Waals surface area contributed by atoms with Crippen molar-refractivity contribution in [3.05, 3.63) is 71.0 Å². The van der Waals surface area contributed by atoms with Crippen LogP contribution in [0.25, 0.3) is 0 Å². The third-order valence-electron chi connectivity index (χ3n) is 12.9. The second kappa shape index (κ2) is 17.8. The number of nitriles is 1. The Kier molecular flexibility index (Phi) is 12.2. The van der Waals surface area contributed by atoms with Crippen molar-refractivity contribution >= 4 is 29.6 Å². The van der Waals surface area contributed by atoms with Gasteiger partial charge in [-0.1, -0.05) is 6.07 Å². The largest absolute Gasteiger partial charge is 0.495 e. The van der Waals surface area contributed by atoms with Crippen LogP contribution in [0, 0.1) is 17.2 Å². The molecule has 1 unspecified atom stereocenters. The predicted octanol–water partition coefficient (Wildman–Crippen LogP) is 4.77. The quantitative estimate of drug-likeness (QED) is 0.226. The number of piperidine rings is 2. The van der Waals surface area contributed by atoms with E-state index in [-0.39, 0.29) is 42.4 Å². The molecule has 15 heteroatoms. The molecule has 2 saturated heterocycles. The number of hydrogen-bond donors (Lipinski definition) is 2. The van der Waals surface area contributed by atoms with Crippen molar-refractivity contribution in [2.24, 2.45) is 5.92 Å². The van der Waals surface area contributed by atoms with E-state index in [9.17, 15) is 24.4 Å². The number of nitrogens with zero attached hydrogens (tertiary/aromatic N) is 6. The summed E-state index contributed by atoms with van der Waals surface area (Å²) in [5, 5.41) is 14.7. The van der Waals surface area contributed by atoms with E-state index in [1.807, 2.05) is 12.1 Å². The van der Waals surface area contributed by atoms with Crippen LogP contribution >= 0.6 is 0 Å². The molecule has 4 amide bonds. The number of ether oxygens (including phenoxy) is 3. The highest BCUT2D eigenvalue weighted by Crippen LogP contribution is 2.36. The van der Waals surface area contributed by atoms with Crippen molar-refractivity contribution in [2.75, 3.05) is 31.6 Å². The van der Waals surface area contributed by atoms with Gasteiger partial charge in [0.1, 0.15) is 35.5 Å². The number of aromatic nitrogens is 2. The third kappa shape index (κ3) is 9.03. The van der Waals surface area contributed by atoms with Gasteiger partial charge in [-0.05, 0) is 94.5 Å². The summed E-state index contributed by atoms with van der Waals surface area (Å²) in [7, 11) is 1.54. The molecule has 2 N–H and O–H groups in total. The fraction of sp³-hybridized carbons (Fsp3) is 0.533. The van der Waals surface area contributed by atoms with Gasteiger partial charge in [-0.2, -0.15) is 5.26 Å². The topological polar surface area (TPSA) is 179 Å². The van der Waals surface area contributed by atoms with E-state index in [2.05, 4.69) is 50.3 Å². The van der Waals surface area contributed by atoms with Gasteiger partial charge in [-0.15, -0.1) is 0 Å². The van der Waals surface area contributed by atoms with Gasteiger partial charge in [0.25, 0.3) is 11.8 Å². The van der Waals surface area contributed by atoms with E-state index >= 15 is 0 Å². The van der Waals surface area contributed by atoms with Crippen LogP contribution in [0.3, 0.4) is 0 Å². The van der Waals surface area contributed by atoms with E-state index in [1.54, 1.807) is 41.6 Å². The number of rotatable bonds is 13. The summed E-state index contributed by atoms with van der Waals surface area (Å²) < 4.78 is 17.8. The molecule has 8 rings (SSSR count). The molecule has 0 bridgehead atoms. The molecular formula is C45H54N8O7. The van der Waals surface area contributed by atoms with Crippen molar-refractivity contribution in [2.45, 2.75) is 121 Å². The lowest BCUT2D eigenvalue weighted by atomic mass is 9.85. The lowest BCUT2D eigenvalue weighted by Crippen LogP contribution is -2.53. The summed E-state index contributed by atoms with van der Waals surface area (Å²) in [5.74, 6) is 1.98.